The summed E-state index contributed by atoms with van der Waals surface area (Å²) in [5.74, 6) is 1.63. The van der Waals surface area contributed by atoms with Crippen molar-refractivity contribution in [3.05, 3.63) is 36.0 Å². The number of aliphatic imine (C=N–C) groups is 1. The van der Waals surface area contributed by atoms with Crippen molar-refractivity contribution in [2.45, 2.75) is 39.2 Å². The highest BCUT2D eigenvalue weighted by Gasteiger charge is 2.24. The molecule has 1 aliphatic heterocycles. The van der Waals surface area contributed by atoms with Crippen LogP contribution in [0, 0.1) is 5.92 Å². The first kappa shape index (κ1) is 18.8. The second kappa shape index (κ2) is 9.08. The van der Waals surface area contributed by atoms with Gasteiger partial charge < -0.3 is 15.6 Å². The number of nitrogens with zero attached hydrogens (tertiary/aromatic N) is 2. The van der Waals surface area contributed by atoms with Crippen molar-refractivity contribution in [2.24, 2.45) is 10.9 Å². The molecule has 5 heteroatoms. The molecular weight excluding hydrogens is 322 g/mol. The molecule has 1 atom stereocenters. The summed E-state index contributed by atoms with van der Waals surface area (Å²) in [6.07, 6.45) is 5.69. The van der Waals surface area contributed by atoms with Crippen molar-refractivity contribution in [3.63, 3.8) is 0 Å². The van der Waals surface area contributed by atoms with Gasteiger partial charge in [0.05, 0.1) is 0 Å². The lowest BCUT2D eigenvalue weighted by atomic mass is 10.1. The van der Waals surface area contributed by atoms with Crippen molar-refractivity contribution < 1.29 is 0 Å². The highest BCUT2D eigenvalue weighted by molar-refractivity contribution is 5.83. The summed E-state index contributed by atoms with van der Waals surface area (Å²) in [6, 6.07) is 9.09. The quantitative estimate of drug-likeness (QED) is 0.529. The van der Waals surface area contributed by atoms with Crippen LogP contribution in [0.3, 0.4) is 0 Å². The molecule has 0 amide bonds. The topological polar surface area (TPSA) is 55.5 Å². The minimum Gasteiger partial charge on any atom is -0.361 e. The zero-order chi connectivity index (χ0) is 18.4. The first-order valence-corrected chi connectivity index (χ1v) is 9.91. The summed E-state index contributed by atoms with van der Waals surface area (Å²) >= 11 is 0. The third-order valence-electron chi connectivity index (χ3n) is 5.19. The number of rotatable bonds is 7. The van der Waals surface area contributed by atoms with Crippen molar-refractivity contribution in [3.8, 4) is 0 Å². The molecular formula is C21H33N5. The molecule has 0 bridgehead atoms. The Hall–Kier alpha value is -2.01. The Morgan fingerprint density at radius 1 is 1.31 bits per heavy atom. The number of hydrogen-bond acceptors (Lipinski definition) is 2. The molecule has 0 aliphatic carbocycles. The van der Waals surface area contributed by atoms with E-state index in [1.807, 2.05) is 7.05 Å². The molecule has 5 nitrogen and oxygen atoms in total. The molecule has 0 unspecified atom stereocenters. The highest BCUT2D eigenvalue weighted by atomic mass is 15.2. The molecule has 26 heavy (non-hydrogen) atoms. The van der Waals surface area contributed by atoms with Crippen LogP contribution in [0.2, 0.25) is 0 Å². The van der Waals surface area contributed by atoms with Gasteiger partial charge in [0.15, 0.2) is 5.96 Å². The zero-order valence-corrected chi connectivity index (χ0v) is 16.4. The fraction of sp³-hybridized carbons (Fsp3) is 0.571. The second-order valence-corrected chi connectivity index (χ2v) is 7.67. The average molecular weight is 356 g/mol. The minimum absolute atomic E-state index is 0.629. The van der Waals surface area contributed by atoms with Crippen LogP contribution in [-0.2, 0) is 6.42 Å². The van der Waals surface area contributed by atoms with Crippen LogP contribution in [-0.4, -0.2) is 55.1 Å². The Morgan fingerprint density at radius 2 is 2.15 bits per heavy atom. The van der Waals surface area contributed by atoms with E-state index in [0.29, 0.717) is 6.04 Å². The molecule has 0 saturated carbocycles. The Kier molecular flexibility index (Phi) is 6.56. The Morgan fingerprint density at radius 3 is 2.96 bits per heavy atom. The summed E-state index contributed by atoms with van der Waals surface area (Å²) in [5, 5.41) is 8.29. The highest BCUT2D eigenvalue weighted by Crippen LogP contribution is 2.18. The van der Waals surface area contributed by atoms with Gasteiger partial charge in [-0.15, -0.1) is 0 Å². The number of guanidine groups is 1. The van der Waals surface area contributed by atoms with Gasteiger partial charge >= 0.3 is 0 Å². The van der Waals surface area contributed by atoms with Crippen molar-refractivity contribution in [1.82, 2.24) is 20.5 Å². The lowest BCUT2D eigenvalue weighted by molar-refractivity contribution is 0.226. The number of aromatic amines is 1. The van der Waals surface area contributed by atoms with E-state index in [1.165, 1.54) is 42.4 Å². The maximum absolute atomic E-state index is 4.38. The molecule has 2 heterocycles. The van der Waals surface area contributed by atoms with Gasteiger partial charge in [0.1, 0.15) is 0 Å². The van der Waals surface area contributed by atoms with E-state index in [9.17, 15) is 0 Å². The van der Waals surface area contributed by atoms with Crippen molar-refractivity contribution in [1.29, 1.82) is 0 Å². The van der Waals surface area contributed by atoms with Gasteiger partial charge in [-0.2, -0.15) is 0 Å². The van der Waals surface area contributed by atoms with Gasteiger partial charge in [-0.25, -0.2) is 0 Å². The number of para-hydroxylation sites is 1. The van der Waals surface area contributed by atoms with Crippen LogP contribution in [0.15, 0.2) is 35.5 Å². The SMILES string of the molecule is CN=C(NCCc1c[nH]c2ccccc12)NC[C@H]1CCCN1CC(C)C. The lowest BCUT2D eigenvalue weighted by Crippen LogP contribution is -2.46. The number of aromatic nitrogens is 1. The van der Waals surface area contributed by atoms with Crippen LogP contribution < -0.4 is 10.6 Å². The molecule has 1 saturated heterocycles. The van der Waals surface area contributed by atoms with Crippen LogP contribution in [0.1, 0.15) is 32.3 Å². The van der Waals surface area contributed by atoms with Gasteiger partial charge in [0.25, 0.3) is 0 Å². The average Bonchev–Trinajstić information content (AvgIpc) is 3.24. The Labute approximate surface area is 157 Å². The van der Waals surface area contributed by atoms with E-state index >= 15 is 0 Å². The number of hydrogen-bond donors (Lipinski definition) is 3. The van der Waals surface area contributed by atoms with E-state index in [4.69, 9.17) is 0 Å². The summed E-state index contributed by atoms with van der Waals surface area (Å²) in [4.78, 5) is 10.3. The van der Waals surface area contributed by atoms with Gasteiger partial charge in [-0.1, -0.05) is 32.0 Å². The first-order chi connectivity index (χ1) is 12.7. The molecule has 1 fully saturated rings. The van der Waals surface area contributed by atoms with E-state index in [2.05, 4.69) is 69.8 Å². The van der Waals surface area contributed by atoms with Gasteiger partial charge in [0.2, 0.25) is 0 Å². The summed E-state index contributed by atoms with van der Waals surface area (Å²) in [7, 11) is 1.85. The van der Waals surface area contributed by atoms with Crippen LogP contribution in [0.5, 0.6) is 0 Å². The fourth-order valence-corrected chi connectivity index (χ4v) is 3.92. The monoisotopic (exact) mass is 355 g/mol. The predicted molar refractivity (Wildman–Crippen MR) is 111 cm³/mol. The smallest absolute Gasteiger partial charge is 0.191 e. The van der Waals surface area contributed by atoms with Gasteiger partial charge in [-0.05, 0) is 43.4 Å². The molecule has 1 aliphatic rings. The molecule has 1 aromatic carbocycles. The fourth-order valence-electron chi connectivity index (χ4n) is 3.92. The Bertz CT molecular complexity index is 718. The lowest BCUT2D eigenvalue weighted by Gasteiger charge is -2.27. The largest absolute Gasteiger partial charge is 0.361 e. The molecule has 142 valence electrons. The number of nitrogens with one attached hydrogen (secondary N) is 3. The molecule has 3 N–H and O–H groups in total. The van der Waals surface area contributed by atoms with Gasteiger partial charge in [-0.3, -0.25) is 9.89 Å². The van der Waals surface area contributed by atoms with E-state index in [-0.39, 0.29) is 0 Å². The molecule has 0 spiro atoms. The maximum atomic E-state index is 4.38. The maximum Gasteiger partial charge on any atom is 0.191 e. The van der Waals surface area contributed by atoms with E-state index < -0.39 is 0 Å². The number of likely N-dealkylation sites (tertiary alicyclic amines) is 1. The number of H-pyrrole nitrogens is 1. The summed E-state index contributed by atoms with van der Waals surface area (Å²) in [5.41, 5.74) is 2.55. The molecule has 3 rings (SSSR count). The molecule has 0 radical (unpaired) electrons. The minimum atomic E-state index is 0.629. The van der Waals surface area contributed by atoms with Crippen molar-refractivity contribution in [2.75, 3.05) is 33.2 Å². The van der Waals surface area contributed by atoms with Crippen LogP contribution in [0.4, 0.5) is 0 Å². The third kappa shape index (κ3) is 4.79. The number of benzene rings is 1. The van der Waals surface area contributed by atoms with Crippen molar-refractivity contribution >= 4 is 16.9 Å². The van der Waals surface area contributed by atoms with E-state index in [0.717, 1.165) is 31.4 Å². The van der Waals surface area contributed by atoms with E-state index in [1.54, 1.807) is 0 Å². The normalized spacial score (nSPS) is 18.8. The summed E-state index contributed by atoms with van der Waals surface area (Å²) in [6.45, 7) is 8.87. The van der Waals surface area contributed by atoms with Gasteiger partial charge in [0, 0.05) is 49.8 Å². The molecule has 1 aromatic heterocycles. The molecule has 2 aromatic rings. The Balaban J connectivity index is 1.45. The third-order valence-corrected chi connectivity index (χ3v) is 5.19. The summed E-state index contributed by atoms with van der Waals surface area (Å²) < 4.78 is 0. The second-order valence-electron chi connectivity index (χ2n) is 7.67. The first-order valence-electron chi connectivity index (χ1n) is 9.91. The van der Waals surface area contributed by atoms with Crippen LogP contribution in [0.25, 0.3) is 10.9 Å². The zero-order valence-electron chi connectivity index (χ0n) is 16.4. The standard InChI is InChI=1S/C21H33N5/c1-16(2)15-26-12-6-7-18(26)14-25-21(22-3)23-11-10-17-13-24-20-9-5-4-8-19(17)20/h4-5,8-9,13,16,18,24H,6-7,10-12,14-15H2,1-3H3,(H2,22,23,25)/t18-/m1/s1. The number of fused-ring (bicyclic) bond motifs is 1. The predicted octanol–water partition coefficient (Wildman–Crippen LogP) is 3.00. The van der Waals surface area contributed by atoms with Crippen LogP contribution >= 0.6 is 0 Å².